The second kappa shape index (κ2) is 0.950. The lowest BCUT2D eigenvalue weighted by Crippen LogP contribution is -2.40. The molecule has 0 atom stereocenters. The maximum atomic E-state index is 4.62. The van der Waals surface area contributed by atoms with Crippen LogP contribution in [0.5, 0.6) is 0 Å². The van der Waals surface area contributed by atoms with E-state index in [2.05, 4.69) is 9.78 Å². The summed E-state index contributed by atoms with van der Waals surface area (Å²) in [6, 6.07) is 0. The van der Waals surface area contributed by atoms with Crippen molar-refractivity contribution in [3.05, 3.63) is 0 Å². The van der Waals surface area contributed by atoms with Crippen LogP contribution >= 0.6 is 0 Å². The van der Waals surface area contributed by atoms with Crippen molar-refractivity contribution in [2.24, 2.45) is 0 Å². The Kier molecular flexibility index (Phi) is 0.648. The minimum absolute atomic E-state index is 0. The van der Waals surface area contributed by atoms with E-state index in [-0.39, 0.29) is 5.60 Å². The Hall–Kier alpha value is -0.0800. The van der Waals surface area contributed by atoms with Gasteiger partial charge in [-0.05, 0) is 13.8 Å². The van der Waals surface area contributed by atoms with Crippen LogP contribution in [0.25, 0.3) is 0 Å². The van der Waals surface area contributed by atoms with Crippen molar-refractivity contribution in [1.82, 2.24) is 0 Å². The zero-order valence-corrected chi connectivity index (χ0v) is 4.02. The van der Waals surface area contributed by atoms with Crippen LogP contribution < -0.4 is 0 Å². The van der Waals surface area contributed by atoms with Crippen molar-refractivity contribution in [2.45, 2.75) is 19.4 Å². The van der Waals surface area contributed by atoms with Crippen molar-refractivity contribution < 1.29 is 9.78 Å². The van der Waals surface area contributed by atoms with Crippen LogP contribution in [-0.2, 0) is 9.78 Å². The summed E-state index contributed by atoms with van der Waals surface area (Å²) in [5.74, 6) is 0. The van der Waals surface area contributed by atoms with Gasteiger partial charge in [0.05, 0.1) is 0 Å². The van der Waals surface area contributed by atoms with Gasteiger partial charge in [0.15, 0.2) is 0 Å². The Labute approximate surface area is 37.0 Å². The maximum absolute atomic E-state index is 4.62. The highest BCUT2D eigenvalue weighted by atomic mass is 17.2. The average Bonchev–Trinajstić information content (AvgIpc) is 1.32. The van der Waals surface area contributed by atoms with Gasteiger partial charge in [-0.25, -0.2) is 9.78 Å². The van der Waals surface area contributed by atoms with Crippen molar-refractivity contribution in [2.75, 3.05) is 6.61 Å². The van der Waals surface area contributed by atoms with E-state index in [0.717, 1.165) is 6.61 Å². The van der Waals surface area contributed by atoms with Crippen molar-refractivity contribution >= 4 is 0 Å². The molecule has 0 radical (unpaired) electrons. The molecule has 0 aromatic rings. The van der Waals surface area contributed by atoms with Gasteiger partial charge in [0.2, 0.25) is 0 Å². The van der Waals surface area contributed by atoms with Gasteiger partial charge >= 0.3 is 0 Å². The molecule has 36 valence electrons. The van der Waals surface area contributed by atoms with Gasteiger partial charge in [0.1, 0.15) is 12.2 Å². The second-order valence-corrected chi connectivity index (χ2v) is 2.11. The van der Waals surface area contributed by atoms with Crippen LogP contribution in [0.3, 0.4) is 0 Å². The van der Waals surface area contributed by atoms with Crippen molar-refractivity contribution in [3.63, 3.8) is 0 Å². The molecule has 0 unspecified atom stereocenters. The van der Waals surface area contributed by atoms with E-state index in [0.29, 0.717) is 0 Å². The number of hydrogen-bond donors (Lipinski definition) is 0. The van der Waals surface area contributed by atoms with Gasteiger partial charge in [-0.1, -0.05) is 0 Å². The molecule has 1 rings (SSSR count). The summed E-state index contributed by atoms with van der Waals surface area (Å²) >= 11 is 0. The fourth-order valence-corrected chi connectivity index (χ4v) is 0.295. The summed E-state index contributed by atoms with van der Waals surface area (Å²) in [6.45, 7) is 4.69. The standard InChI is InChI=1S/C4H8O2/c1-4(2)3-5-6-4/h3H2,1-2H3. The fourth-order valence-electron chi connectivity index (χ4n) is 0.295. The first-order valence-electron chi connectivity index (χ1n) is 2.01. The summed E-state index contributed by atoms with van der Waals surface area (Å²) < 4.78 is 0. The molecule has 0 aromatic heterocycles. The lowest BCUT2D eigenvalue weighted by Gasteiger charge is -2.31. The van der Waals surface area contributed by atoms with Crippen LogP contribution in [-0.4, -0.2) is 12.2 Å². The van der Waals surface area contributed by atoms with Gasteiger partial charge in [0, 0.05) is 0 Å². The molecule has 2 heteroatoms. The molecule has 1 aliphatic rings. The molecule has 0 N–H and O–H groups in total. The highest BCUT2D eigenvalue weighted by Gasteiger charge is 2.29. The SMILES string of the molecule is CC1(C)COO1. The predicted octanol–water partition coefficient (Wildman–Crippen LogP) is 0.727. The van der Waals surface area contributed by atoms with E-state index < -0.39 is 0 Å². The molecule has 2 nitrogen and oxygen atoms in total. The monoisotopic (exact) mass is 88.1 g/mol. The molecule has 1 heterocycles. The normalized spacial score (nSPS) is 29.0. The topological polar surface area (TPSA) is 18.5 Å². The molecule has 0 spiro atoms. The summed E-state index contributed by atoms with van der Waals surface area (Å²) in [7, 11) is 0. The molecule has 0 saturated carbocycles. The Morgan fingerprint density at radius 3 is 1.83 bits per heavy atom. The molecule has 0 aliphatic carbocycles. The highest BCUT2D eigenvalue weighted by molar-refractivity contribution is 4.68. The number of rotatable bonds is 0. The number of hydrogen-bond acceptors (Lipinski definition) is 2. The minimum Gasteiger partial charge on any atom is -0.233 e. The lowest BCUT2D eigenvalue weighted by molar-refractivity contribution is -0.460. The van der Waals surface area contributed by atoms with Gasteiger partial charge in [-0.2, -0.15) is 0 Å². The van der Waals surface area contributed by atoms with Gasteiger partial charge in [-0.3, -0.25) is 0 Å². The zero-order valence-electron chi connectivity index (χ0n) is 4.02. The van der Waals surface area contributed by atoms with Crippen LogP contribution in [0, 0.1) is 0 Å². The van der Waals surface area contributed by atoms with E-state index >= 15 is 0 Å². The van der Waals surface area contributed by atoms with E-state index in [1.54, 1.807) is 0 Å². The Balaban J connectivity index is 2.31. The summed E-state index contributed by atoms with van der Waals surface area (Å²) in [4.78, 5) is 9.06. The quantitative estimate of drug-likeness (QED) is 0.406. The average molecular weight is 88.1 g/mol. The summed E-state index contributed by atoms with van der Waals surface area (Å²) in [6.07, 6.45) is 0. The van der Waals surface area contributed by atoms with Gasteiger partial charge in [0.25, 0.3) is 0 Å². The van der Waals surface area contributed by atoms with E-state index in [1.165, 1.54) is 0 Å². The molecule has 1 aliphatic heterocycles. The van der Waals surface area contributed by atoms with Crippen molar-refractivity contribution in [3.8, 4) is 0 Å². The van der Waals surface area contributed by atoms with Crippen LogP contribution in [0.1, 0.15) is 13.8 Å². The molecule has 1 saturated heterocycles. The molecule has 0 bridgehead atoms. The minimum atomic E-state index is 0. The summed E-state index contributed by atoms with van der Waals surface area (Å²) in [5.41, 5.74) is 0. The third kappa shape index (κ3) is 0.533. The first-order chi connectivity index (χ1) is 2.71. The van der Waals surface area contributed by atoms with Gasteiger partial charge in [-0.15, -0.1) is 0 Å². The highest BCUT2D eigenvalue weighted by Crippen LogP contribution is 2.18. The molecular formula is C4H8O2. The van der Waals surface area contributed by atoms with Crippen LogP contribution in [0.15, 0.2) is 0 Å². The maximum Gasteiger partial charge on any atom is 0.124 e. The molecule has 0 aromatic carbocycles. The lowest BCUT2D eigenvalue weighted by atomic mass is 10.1. The predicted molar refractivity (Wildman–Crippen MR) is 21.1 cm³/mol. The first kappa shape index (κ1) is 4.09. The van der Waals surface area contributed by atoms with Gasteiger partial charge < -0.3 is 0 Å². The molecule has 6 heavy (non-hydrogen) atoms. The second-order valence-electron chi connectivity index (χ2n) is 2.11. The largest absolute Gasteiger partial charge is 0.233 e. The summed E-state index contributed by atoms with van der Waals surface area (Å²) in [5, 5.41) is 0. The van der Waals surface area contributed by atoms with Crippen molar-refractivity contribution in [1.29, 1.82) is 0 Å². The van der Waals surface area contributed by atoms with E-state index in [1.807, 2.05) is 13.8 Å². The Morgan fingerprint density at radius 2 is 1.83 bits per heavy atom. The molecule has 0 amide bonds. The fraction of sp³-hybridized carbons (Fsp3) is 1.00. The Morgan fingerprint density at radius 1 is 1.50 bits per heavy atom. The van der Waals surface area contributed by atoms with E-state index in [4.69, 9.17) is 0 Å². The van der Waals surface area contributed by atoms with E-state index in [9.17, 15) is 0 Å². The third-order valence-corrected chi connectivity index (χ3v) is 0.691. The molecular weight excluding hydrogens is 80.0 g/mol. The zero-order chi connectivity index (χ0) is 4.62. The van der Waals surface area contributed by atoms with Crippen LogP contribution in [0.2, 0.25) is 0 Å². The molecule has 1 fully saturated rings. The first-order valence-corrected chi connectivity index (χ1v) is 2.01. The van der Waals surface area contributed by atoms with Crippen LogP contribution in [0.4, 0.5) is 0 Å². The Bertz CT molecular complexity index is 52.6. The third-order valence-electron chi connectivity index (χ3n) is 0.691. The smallest absolute Gasteiger partial charge is 0.124 e.